The Labute approximate surface area is 120 Å². The van der Waals surface area contributed by atoms with E-state index < -0.39 is 0 Å². The summed E-state index contributed by atoms with van der Waals surface area (Å²) in [5.41, 5.74) is 1.30. The lowest BCUT2D eigenvalue weighted by atomic mass is 9.81. The summed E-state index contributed by atoms with van der Waals surface area (Å²) in [6.07, 6.45) is 6.49. The van der Waals surface area contributed by atoms with Gasteiger partial charge in [-0.2, -0.15) is 0 Å². The minimum Gasteiger partial charge on any atom is -0.454 e. The predicted molar refractivity (Wildman–Crippen MR) is 78.6 cm³/mol. The van der Waals surface area contributed by atoms with Crippen molar-refractivity contribution in [1.82, 2.24) is 5.32 Å². The van der Waals surface area contributed by atoms with E-state index in [2.05, 4.69) is 35.5 Å². The van der Waals surface area contributed by atoms with E-state index in [9.17, 15) is 0 Å². The first kappa shape index (κ1) is 12.3. The number of anilines is 1. The molecule has 108 valence electrons. The molecule has 0 amide bonds. The molecule has 1 aromatic rings. The van der Waals surface area contributed by atoms with Crippen LogP contribution in [0.15, 0.2) is 18.2 Å². The number of hydrogen-bond donors (Lipinski definition) is 1. The van der Waals surface area contributed by atoms with Crippen molar-refractivity contribution in [1.29, 1.82) is 0 Å². The molecule has 2 saturated heterocycles. The molecular formula is C16H22N2O2. The fourth-order valence-electron chi connectivity index (χ4n) is 4.08. The Morgan fingerprint density at radius 1 is 1.10 bits per heavy atom. The molecule has 0 aliphatic carbocycles. The molecule has 3 aliphatic heterocycles. The van der Waals surface area contributed by atoms with Gasteiger partial charge >= 0.3 is 0 Å². The van der Waals surface area contributed by atoms with Crippen LogP contribution in [0.1, 0.15) is 32.1 Å². The smallest absolute Gasteiger partial charge is 0.231 e. The molecule has 2 atom stereocenters. The Morgan fingerprint density at radius 3 is 2.60 bits per heavy atom. The van der Waals surface area contributed by atoms with Crippen LogP contribution < -0.4 is 19.7 Å². The van der Waals surface area contributed by atoms with Crippen molar-refractivity contribution in [2.45, 2.75) is 50.2 Å². The monoisotopic (exact) mass is 274 g/mol. The Hall–Kier alpha value is -1.42. The van der Waals surface area contributed by atoms with Crippen molar-refractivity contribution < 1.29 is 9.47 Å². The SMILES string of the molecule is CNC1CC2CCCC(C1)N2c1ccc2c(c1)OCO2. The average molecular weight is 274 g/mol. The molecular weight excluding hydrogens is 252 g/mol. The molecule has 2 unspecified atom stereocenters. The van der Waals surface area contributed by atoms with Crippen LogP contribution in [0.25, 0.3) is 0 Å². The van der Waals surface area contributed by atoms with Gasteiger partial charge in [-0.1, -0.05) is 0 Å². The van der Waals surface area contributed by atoms with Gasteiger partial charge in [-0.3, -0.25) is 0 Å². The Morgan fingerprint density at radius 2 is 1.85 bits per heavy atom. The topological polar surface area (TPSA) is 33.7 Å². The molecule has 0 spiro atoms. The number of nitrogens with one attached hydrogen (secondary N) is 1. The van der Waals surface area contributed by atoms with Gasteiger partial charge < -0.3 is 19.7 Å². The minimum atomic E-state index is 0.355. The third-order valence-corrected chi connectivity index (χ3v) is 5.04. The normalized spacial score (nSPS) is 31.4. The van der Waals surface area contributed by atoms with E-state index in [0.29, 0.717) is 24.9 Å². The zero-order valence-corrected chi connectivity index (χ0v) is 12.0. The molecule has 4 heteroatoms. The van der Waals surface area contributed by atoms with Crippen LogP contribution in [0.5, 0.6) is 11.5 Å². The molecule has 1 N–H and O–H groups in total. The highest BCUT2D eigenvalue weighted by molar-refractivity contribution is 5.59. The zero-order valence-electron chi connectivity index (χ0n) is 12.0. The van der Waals surface area contributed by atoms with Crippen molar-refractivity contribution in [3.63, 3.8) is 0 Å². The summed E-state index contributed by atoms with van der Waals surface area (Å²) >= 11 is 0. The highest BCUT2D eigenvalue weighted by atomic mass is 16.7. The molecule has 1 aromatic carbocycles. The van der Waals surface area contributed by atoms with E-state index in [1.807, 2.05) is 0 Å². The van der Waals surface area contributed by atoms with Gasteiger partial charge in [-0.25, -0.2) is 0 Å². The van der Waals surface area contributed by atoms with Gasteiger partial charge in [0.1, 0.15) is 0 Å². The lowest BCUT2D eigenvalue weighted by Crippen LogP contribution is -2.56. The van der Waals surface area contributed by atoms with Gasteiger partial charge in [0, 0.05) is 29.9 Å². The molecule has 0 aromatic heterocycles. The number of hydrogen-bond acceptors (Lipinski definition) is 4. The zero-order chi connectivity index (χ0) is 13.5. The van der Waals surface area contributed by atoms with Crippen molar-refractivity contribution in [3.05, 3.63) is 18.2 Å². The lowest BCUT2D eigenvalue weighted by Gasteiger charge is -2.50. The first-order chi connectivity index (χ1) is 9.85. The minimum absolute atomic E-state index is 0.355. The number of nitrogens with zero attached hydrogens (tertiary/aromatic N) is 1. The largest absolute Gasteiger partial charge is 0.454 e. The Balaban J connectivity index is 1.64. The second kappa shape index (κ2) is 4.85. The highest BCUT2D eigenvalue weighted by Crippen LogP contribution is 2.41. The molecule has 3 aliphatic rings. The third-order valence-electron chi connectivity index (χ3n) is 5.04. The van der Waals surface area contributed by atoms with E-state index in [4.69, 9.17) is 9.47 Å². The van der Waals surface area contributed by atoms with Crippen molar-refractivity contribution >= 4 is 5.69 Å². The van der Waals surface area contributed by atoms with E-state index in [1.165, 1.54) is 37.8 Å². The lowest BCUT2D eigenvalue weighted by molar-refractivity contribution is 0.174. The quantitative estimate of drug-likeness (QED) is 0.898. The molecule has 3 heterocycles. The molecule has 2 bridgehead atoms. The summed E-state index contributed by atoms with van der Waals surface area (Å²) in [6.45, 7) is 0.355. The average Bonchev–Trinajstić information content (AvgIpc) is 2.93. The van der Waals surface area contributed by atoms with Crippen LogP contribution in [-0.4, -0.2) is 32.0 Å². The fourth-order valence-corrected chi connectivity index (χ4v) is 4.08. The summed E-state index contributed by atoms with van der Waals surface area (Å²) in [4.78, 5) is 2.64. The van der Waals surface area contributed by atoms with Crippen LogP contribution in [-0.2, 0) is 0 Å². The van der Waals surface area contributed by atoms with Gasteiger partial charge in [0.2, 0.25) is 6.79 Å². The Bertz CT molecular complexity index is 491. The van der Waals surface area contributed by atoms with Crippen molar-refractivity contribution in [3.8, 4) is 11.5 Å². The summed E-state index contributed by atoms with van der Waals surface area (Å²) in [7, 11) is 2.09. The first-order valence-electron chi connectivity index (χ1n) is 7.70. The van der Waals surface area contributed by atoms with Crippen molar-refractivity contribution in [2.24, 2.45) is 0 Å². The fraction of sp³-hybridized carbons (Fsp3) is 0.625. The number of fused-ring (bicyclic) bond motifs is 3. The first-order valence-corrected chi connectivity index (χ1v) is 7.70. The molecule has 4 nitrogen and oxygen atoms in total. The molecule has 4 rings (SSSR count). The maximum absolute atomic E-state index is 5.53. The molecule has 0 saturated carbocycles. The maximum atomic E-state index is 5.53. The highest BCUT2D eigenvalue weighted by Gasteiger charge is 2.38. The third kappa shape index (κ3) is 1.94. The number of ether oxygens (including phenoxy) is 2. The predicted octanol–water partition coefficient (Wildman–Crippen LogP) is 2.52. The van der Waals surface area contributed by atoms with Gasteiger partial charge in [-0.15, -0.1) is 0 Å². The van der Waals surface area contributed by atoms with E-state index in [0.717, 1.165) is 11.5 Å². The standard InChI is InChI=1S/C16H22N2O2/c1-17-11-7-12-3-2-4-13(8-11)18(12)14-5-6-15-16(9-14)20-10-19-15/h5-6,9,11-13,17H,2-4,7-8,10H2,1H3. The molecule has 2 fully saturated rings. The number of benzene rings is 1. The number of rotatable bonds is 2. The number of piperidine rings is 2. The van der Waals surface area contributed by atoms with Crippen LogP contribution >= 0.6 is 0 Å². The second-order valence-electron chi connectivity index (χ2n) is 6.14. The van der Waals surface area contributed by atoms with Crippen molar-refractivity contribution in [2.75, 3.05) is 18.7 Å². The molecule has 0 radical (unpaired) electrons. The van der Waals surface area contributed by atoms with Gasteiger partial charge in [0.05, 0.1) is 0 Å². The van der Waals surface area contributed by atoms with Gasteiger partial charge in [0.25, 0.3) is 0 Å². The second-order valence-corrected chi connectivity index (χ2v) is 6.14. The summed E-state index contributed by atoms with van der Waals surface area (Å²) in [5.74, 6) is 1.78. The van der Waals surface area contributed by atoms with Gasteiger partial charge in [0.15, 0.2) is 11.5 Å². The van der Waals surface area contributed by atoms with E-state index in [-0.39, 0.29) is 0 Å². The van der Waals surface area contributed by atoms with Gasteiger partial charge in [-0.05, 0) is 51.3 Å². The van der Waals surface area contributed by atoms with Crippen LogP contribution in [0.4, 0.5) is 5.69 Å². The van der Waals surface area contributed by atoms with E-state index in [1.54, 1.807) is 0 Å². The maximum Gasteiger partial charge on any atom is 0.231 e. The molecule has 20 heavy (non-hydrogen) atoms. The van der Waals surface area contributed by atoms with Crippen LogP contribution in [0.3, 0.4) is 0 Å². The Kier molecular flexibility index (Phi) is 2.99. The van der Waals surface area contributed by atoms with Crippen LogP contribution in [0, 0.1) is 0 Å². The summed E-state index contributed by atoms with van der Waals surface area (Å²) in [5, 5.41) is 3.47. The van der Waals surface area contributed by atoms with E-state index >= 15 is 0 Å². The van der Waals surface area contributed by atoms with Crippen LogP contribution in [0.2, 0.25) is 0 Å². The summed E-state index contributed by atoms with van der Waals surface area (Å²) in [6, 6.07) is 8.42. The summed E-state index contributed by atoms with van der Waals surface area (Å²) < 4.78 is 11.0.